The fourth-order valence-corrected chi connectivity index (χ4v) is 6.90. The number of carbonyl (C=O) groups is 2. The Hall–Kier alpha value is -3.00. The highest BCUT2D eigenvalue weighted by atomic mass is 35.5. The summed E-state index contributed by atoms with van der Waals surface area (Å²) in [5.41, 5.74) is 0.994. The summed E-state index contributed by atoms with van der Waals surface area (Å²) in [5.74, 6) is -1.02. The second-order valence-electron chi connectivity index (χ2n) is 8.91. The van der Waals surface area contributed by atoms with Crippen LogP contribution in [0.3, 0.4) is 0 Å². The topological polar surface area (TPSA) is 131 Å². The van der Waals surface area contributed by atoms with Gasteiger partial charge >= 0.3 is 5.97 Å². The Balaban J connectivity index is 1.32. The molecule has 5 rings (SSSR count). The highest BCUT2D eigenvalue weighted by Gasteiger charge is 2.27. The molecule has 3 aromatic rings. The first-order valence-electron chi connectivity index (χ1n) is 11.9. The van der Waals surface area contributed by atoms with Gasteiger partial charge in [0.1, 0.15) is 16.5 Å². The Morgan fingerprint density at radius 2 is 1.82 bits per heavy atom. The van der Waals surface area contributed by atoms with Gasteiger partial charge in [-0.1, -0.05) is 34.5 Å². The molecule has 11 nitrogen and oxygen atoms in total. The molecule has 15 heteroatoms. The van der Waals surface area contributed by atoms with Crippen LogP contribution < -0.4 is 15.1 Å². The lowest BCUT2D eigenvalue weighted by atomic mass is 9.97. The number of piperidine rings is 1. The van der Waals surface area contributed by atoms with Crippen molar-refractivity contribution in [2.75, 3.05) is 54.4 Å². The van der Waals surface area contributed by atoms with E-state index < -0.39 is 11.9 Å². The number of nitroso groups, excluding NO2 is 1. The van der Waals surface area contributed by atoms with Gasteiger partial charge in [-0.3, -0.25) is 19.9 Å². The molecule has 0 bridgehead atoms. The van der Waals surface area contributed by atoms with Gasteiger partial charge in [0, 0.05) is 37.8 Å². The second-order valence-corrected chi connectivity index (χ2v) is 11.6. The van der Waals surface area contributed by atoms with Crippen molar-refractivity contribution in [3.63, 3.8) is 0 Å². The molecule has 2 fully saturated rings. The molecule has 0 aromatic carbocycles. The van der Waals surface area contributed by atoms with E-state index in [-0.39, 0.29) is 11.5 Å². The van der Waals surface area contributed by atoms with Crippen LogP contribution in [0.5, 0.6) is 0 Å². The van der Waals surface area contributed by atoms with Crippen molar-refractivity contribution in [1.82, 2.24) is 15.0 Å². The van der Waals surface area contributed by atoms with Gasteiger partial charge in [-0.05, 0) is 25.0 Å². The molecule has 0 saturated carbocycles. The summed E-state index contributed by atoms with van der Waals surface area (Å²) in [5, 5.41) is 20.6. The van der Waals surface area contributed by atoms with Crippen molar-refractivity contribution >= 4 is 73.7 Å². The van der Waals surface area contributed by atoms with Crippen molar-refractivity contribution in [2.45, 2.75) is 12.8 Å². The SMILES string of the molecule is O=NN1CCN(c2sc(NC(=O)c3cnc(N4CCC(C(=O)O)CC4)c(Cl)c3)nc2-c2cc(Cl)cs2)CC1. The Labute approximate surface area is 235 Å². The van der Waals surface area contributed by atoms with Crippen molar-refractivity contribution in [3.8, 4) is 10.6 Å². The predicted octanol–water partition coefficient (Wildman–Crippen LogP) is 4.93. The average molecular weight is 597 g/mol. The molecule has 2 saturated heterocycles. The maximum absolute atomic E-state index is 13.1. The lowest BCUT2D eigenvalue weighted by Gasteiger charge is -2.32. The van der Waals surface area contributed by atoms with E-state index in [2.05, 4.69) is 20.5 Å². The van der Waals surface area contributed by atoms with Gasteiger partial charge in [-0.25, -0.2) is 9.97 Å². The van der Waals surface area contributed by atoms with Crippen LogP contribution in [0.1, 0.15) is 23.2 Å². The fraction of sp³-hybridized carbons (Fsp3) is 0.391. The zero-order valence-electron chi connectivity index (χ0n) is 20.0. The molecular formula is C23H23Cl2N7O4S2. The van der Waals surface area contributed by atoms with Gasteiger partial charge in [-0.2, -0.15) is 0 Å². The summed E-state index contributed by atoms with van der Waals surface area (Å²) < 4.78 is 0. The Kier molecular flexibility index (Phi) is 7.98. The average Bonchev–Trinajstić information content (AvgIpc) is 3.54. The van der Waals surface area contributed by atoms with Crippen LogP contribution in [0.25, 0.3) is 10.6 Å². The molecule has 0 atom stereocenters. The van der Waals surface area contributed by atoms with Crippen molar-refractivity contribution < 1.29 is 14.7 Å². The number of thiazole rings is 1. The third-order valence-electron chi connectivity index (χ3n) is 6.52. The number of nitrogens with zero attached hydrogens (tertiary/aromatic N) is 6. The number of aliphatic carboxylic acids is 1. The predicted molar refractivity (Wildman–Crippen MR) is 150 cm³/mol. The van der Waals surface area contributed by atoms with Crippen LogP contribution in [0, 0.1) is 10.8 Å². The Bertz CT molecular complexity index is 1350. The quantitative estimate of drug-likeness (QED) is 0.365. The lowest BCUT2D eigenvalue weighted by molar-refractivity contribution is -0.142. The summed E-state index contributed by atoms with van der Waals surface area (Å²) in [6, 6.07) is 3.39. The van der Waals surface area contributed by atoms with E-state index in [9.17, 15) is 19.6 Å². The van der Waals surface area contributed by atoms with E-state index in [1.165, 1.54) is 33.9 Å². The standard InChI is InChI=1S/C23H23Cl2N7O4S2/c24-15-10-17(37-12-15)18-21(31-5-7-32(29-36)8-6-31)38-23(27-18)28-20(33)14-9-16(25)19(26-11-14)30-3-1-13(2-4-30)22(34)35/h9-13H,1-8H2,(H,34,35)(H,27,28,33). The van der Waals surface area contributed by atoms with Crippen LogP contribution in [0.15, 0.2) is 29.0 Å². The first-order chi connectivity index (χ1) is 18.3. The maximum Gasteiger partial charge on any atom is 0.306 e. The molecule has 200 valence electrons. The molecule has 5 heterocycles. The number of carbonyl (C=O) groups excluding carboxylic acids is 1. The number of amides is 1. The number of anilines is 3. The number of carboxylic acids is 1. The van der Waals surface area contributed by atoms with Crippen LogP contribution >= 0.6 is 45.9 Å². The van der Waals surface area contributed by atoms with Gasteiger partial charge in [0.15, 0.2) is 5.13 Å². The Morgan fingerprint density at radius 1 is 1.08 bits per heavy atom. The van der Waals surface area contributed by atoms with E-state index in [4.69, 9.17) is 28.2 Å². The third-order valence-corrected chi connectivity index (χ3v) is 9.11. The number of hydrogen-bond donors (Lipinski definition) is 2. The van der Waals surface area contributed by atoms with Gasteiger partial charge in [0.2, 0.25) is 0 Å². The van der Waals surface area contributed by atoms with E-state index in [1.54, 1.807) is 6.07 Å². The highest BCUT2D eigenvalue weighted by molar-refractivity contribution is 7.21. The zero-order chi connectivity index (χ0) is 26.8. The molecule has 1 amide bonds. The largest absolute Gasteiger partial charge is 0.481 e. The molecule has 3 aromatic heterocycles. The summed E-state index contributed by atoms with van der Waals surface area (Å²) in [7, 11) is 0. The summed E-state index contributed by atoms with van der Waals surface area (Å²) in [6.07, 6.45) is 2.49. The van der Waals surface area contributed by atoms with Gasteiger partial charge in [0.05, 0.1) is 44.8 Å². The van der Waals surface area contributed by atoms with E-state index in [0.717, 1.165) is 9.88 Å². The van der Waals surface area contributed by atoms with Crippen LogP contribution in [0.2, 0.25) is 10.0 Å². The summed E-state index contributed by atoms with van der Waals surface area (Å²) in [4.78, 5) is 49.2. The van der Waals surface area contributed by atoms with Crippen molar-refractivity contribution in [1.29, 1.82) is 0 Å². The number of rotatable bonds is 7. The summed E-state index contributed by atoms with van der Waals surface area (Å²) >= 11 is 15.4. The first kappa shape index (κ1) is 26.6. The number of nitrogens with one attached hydrogen (secondary N) is 1. The Morgan fingerprint density at radius 3 is 2.42 bits per heavy atom. The summed E-state index contributed by atoms with van der Waals surface area (Å²) in [6.45, 7) is 3.25. The van der Waals surface area contributed by atoms with E-state index in [0.29, 0.717) is 78.8 Å². The van der Waals surface area contributed by atoms with Crippen LogP contribution in [-0.2, 0) is 4.79 Å². The highest BCUT2D eigenvalue weighted by Crippen LogP contribution is 2.42. The van der Waals surface area contributed by atoms with Gasteiger partial charge < -0.3 is 14.9 Å². The second kappa shape index (κ2) is 11.4. The van der Waals surface area contributed by atoms with Gasteiger partial charge in [-0.15, -0.1) is 16.2 Å². The normalized spacial score (nSPS) is 16.5. The molecule has 38 heavy (non-hydrogen) atoms. The molecular weight excluding hydrogens is 573 g/mol. The third kappa shape index (κ3) is 5.70. The monoisotopic (exact) mass is 595 g/mol. The molecule has 2 N–H and O–H groups in total. The molecule has 2 aliphatic rings. The van der Waals surface area contributed by atoms with Gasteiger partial charge in [0.25, 0.3) is 5.91 Å². The minimum absolute atomic E-state index is 0.280. The minimum Gasteiger partial charge on any atom is -0.481 e. The van der Waals surface area contributed by atoms with Crippen molar-refractivity contribution in [3.05, 3.63) is 44.2 Å². The van der Waals surface area contributed by atoms with Crippen LogP contribution in [-0.4, -0.2) is 71.2 Å². The molecule has 0 spiro atoms. The zero-order valence-corrected chi connectivity index (χ0v) is 23.1. The maximum atomic E-state index is 13.1. The minimum atomic E-state index is -0.786. The number of carboxylic acid groups (broad SMARTS) is 1. The lowest BCUT2D eigenvalue weighted by Crippen LogP contribution is -2.43. The van der Waals surface area contributed by atoms with E-state index >= 15 is 0 Å². The number of hydrogen-bond acceptors (Lipinski definition) is 10. The number of halogens is 2. The molecule has 0 unspecified atom stereocenters. The fourth-order valence-electron chi connectivity index (χ4n) is 4.45. The number of piperazine rings is 1. The smallest absolute Gasteiger partial charge is 0.306 e. The van der Waals surface area contributed by atoms with Crippen molar-refractivity contribution in [2.24, 2.45) is 11.2 Å². The first-order valence-corrected chi connectivity index (χ1v) is 14.3. The number of thiophene rings is 1. The molecule has 2 aliphatic heterocycles. The molecule has 0 radical (unpaired) electrons. The number of pyridine rings is 1. The van der Waals surface area contributed by atoms with E-state index in [1.807, 2.05) is 16.3 Å². The van der Waals surface area contributed by atoms with Crippen LogP contribution in [0.4, 0.5) is 16.0 Å². The number of aromatic nitrogens is 2. The molecule has 0 aliphatic carbocycles.